The number of nitrogens with zero attached hydrogens (tertiary/aromatic N) is 1. The van der Waals surface area contributed by atoms with Crippen LogP contribution in [0.15, 0.2) is 18.2 Å². The second kappa shape index (κ2) is 8.12. The number of benzene rings is 1. The zero-order chi connectivity index (χ0) is 14.3. The fourth-order valence-corrected chi connectivity index (χ4v) is 1.89. The summed E-state index contributed by atoms with van der Waals surface area (Å²) in [6.07, 6.45) is 0. The largest absolute Gasteiger partial charge is 0.496 e. The highest BCUT2D eigenvalue weighted by molar-refractivity contribution is 5.34. The smallest absolute Gasteiger partial charge is 0.131 e. The number of ether oxygens (including phenoxy) is 1. The Morgan fingerprint density at radius 2 is 2.11 bits per heavy atom. The van der Waals surface area contributed by atoms with E-state index in [2.05, 4.69) is 24.1 Å². The Morgan fingerprint density at radius 1 is 1.37 bits per heavy atom. The highest BCUT2D eigenvalue weighted by atomic mass is 19.1. The Hall–Kier alpha value is -1.13. The van der Waals surface area contributed by atoms with Gasteiger partial charge in [-0.2, -0.15) is 0 Å². The van der Waals surface area contributed by atoms with Gasteiger partial charge in [-0.3, -0.25) is 0 Å². The molecule has 1 rings (SSSR count). The van der Waals surface area contributed by atoms with Crippen molar-refractivity contribution >= 4 is 0 Å². The van der Waals surface area contributed by atoms with Crippen molar-refractivity contribution in [2.45, 2.75) is 20.4 Å². The monoisotopic (exact) mass is 268 g/mol. The number of rotatable bonds is 8. The van der Waals surface area contributed by atoms with E-state index in [9.17, 15) is 4.39 Å². The van der Waals surface area contributed by atoms with Crippen molar-refractivity contribution in [2.24, 2.45) is 5.92 Å². The third kappa shape index (κ3) is 5.57. The molecule has 0 atom stereocenters. The fourth-order valence-electron chi connectivity index (χ4n) is 1.89. The lowest BCUT2D eigenvalue weighted by molar-refractivity contribution is 0.307. The standard InChI is InChI=1S/C15H25FN2O/c1-12(2)10-17-8-9-18(3)11-13-14(16)6-5-7-15(13)19-4/h5-7,12,17H,8-11H2,1-4H3. The maximum absolute atomic E-state index is 13.8. The first kappa shape index (κ1) is 15.9. The summed E-state index contributed by atoms with van der Waals surface area (Å²) in [7, 11) is 3.56. The van der Waals surface area contributed by atoms with Crippen LogP contribution >= 0.6 is 0 Å². The first-order valence-electron chi connectivity index (χ1n) is 6.75. The average molecular weight is 268 g/mol. The molecular formula is C15H25FN2O. The van der Waals surface area contributed by atoms with Crippen LogP contribution < -0.4 is 10.1 Å². The van der Waals surface area contributed by atoms with E-state index in [1.54, 1.807) is 19.2 Å². The Balaban J connectivity index is 2.46. The van der Waals surface area contributed by atoms with Gasteiger partial charge < -0.3 is 15.0 Å². The van der Waals surface area contributed by atoms with Crippen molar-refractivity contribution in [3.63, 3.8) is 0 Å². The fraction of sp³-hybridized carbons (Fsp3) is 0.600. The van der Waals surface area contributed by atoms with Gasteiger partial charge in [0.25, 0.3) is 0 Å². The number of hydrogen-bond acceptors (Lipinski definition) is 3. The van der Waals surface area contributed by atoms with Crippen LogP contribution in [0.1, 0.15) is 19.4 Å². The topological polar surface area (TPSA) is 24.5 Å². The molecule has 0 spiro atoms. The van der Waals surface area contributed by atoms with Crippen LogP contribution in [0.4, 0.5) is 4.39 Å². The summed E-state index contributed by atoms with van der Waals surface area (Å²) in [4.78, 5) is 2.09. The van der Waals surface area contributed by atoms with Gasteiger partial charge in [-0.15, -0.1) is 0 Å². The molecule has 19 heavy (non-hydrogen) atoms. The Kier molecular flexibility index (Phi) is 6.81. The van der Waals surface area contributed by atoms with Crippen LogP contribution in [0.3, 0.4) is 0 Å². The molecule has 0 fully saturated rings. The number of halogens is 1. The molecule has 0 aliphatic rings. The molecule has 0 bridgehead atoms. The molecule has 4 heteroatoms. The predicted molar refractivity (Wildman–Crippen MR) is 77.0 cm³/mol. The summed E-state index contributed by atoms with van der Waals surface area (Å²) in [5.74, 6) is 1.06. The lowest BCUT2D eigenvalue weighted by atomic mass is 10.1. The molecule has 3 nitrogen and oxygen atoms in total. The van der Waals surface area contributed by atoms with Crippen molar-refractivity contribution in [3.05, 3.63) is 29.6 Å². The molecule has 108 valence electrons. The lowest BCUT2D eigenvalue weighted by Crippen LogP contribution is -2.31. The zero-order valence-corrected chi connectivity index (χ0v) is 12.4. The molecule has 0 aromatic heterocycles. The third-order valence-corrected chi connectivity index (χ3v) is 2.95. The molecular weight excluding hydrogens is 243 g/mol. The van der Waals surface area contributed by atoms with Crippen molar-refractivity contribution in [3.8, 4) is 5.75 Å². The summed E-state index contributed by atoms with van der Waals surface area (Å²) in [6, 6.07) is 4.94. The van der Waals surface area contributed by atoms with E-state index >= 15 is 0 Å². The molecule has 0 radical (unpaired) electrons. The van der Waals surface area contributed by atoms with Crippen molar-refractivity contribution < 1.29 is 9.13 Å². The number of hydrogen-bond donors (Lipinski definition) is 1. The first-order valence-corrected chi connectivity index (χ1v) is 6.75. The summed E-state index contributed by atoms with van der Waals surface area (Å²) in [6.45, 7) is 7.72. The maximum atomic E-state index is 13.8. The summed E-state index contributed by atoms with van der Waals surface area (Å²) in [5, 5.41) is 3.38. The van der Waals surface area contributed by atoms with Crippen molar-refractivity contribution in [2.75, 3.05) is 33.8 Å². The number of likely N-dealkylation sites (N-methyl/N-ethyl adjacent to an activating group) is 1. The van der Waals surface area contributed by atoms with Gasteiger partial charge in [0.2, 0.25) is 0 Å². The Labute approximate surface area is 115 Å². The van der Waals surface area contributed by atoms with E-state index in [-0.39, 0.29) is 5.82 Å². The zero-order valence-electron chi connectivity index (χ0n) is 12.4. The second-order valence-electron chi connectivity index (χ2n) is 5.26. The minimum atomic E-state index is -0.207. The predicted octanol–water partition coefficient (Wildman–Crippen LogP) is 2.51. The molecule has 1 N–H and O–H groups in total. The second-order valence-corrected chi connectivity index (χ2v) is 5.26. The molecule has 0 aliphatic carbocycles. The molecule has 1 aromatic carbocycles. The average Bonchev–Trinajstić information content (AvgIpc) is 2.37. The van der Waals surface area contributed by atoms with Crippen LogP contribution in [0, 0.1) is 11.7 Å². The van der Waals surface area contributed by atoms with E-state index < -0.39 is 0 Å². The molecule has 0 saturated heterocycles. The van der Waals surface area contributed by atoms with Gasteiger partial charge >= 0.3 is 0 Å². The number of methoxy groups -OCH3 is 1. The van der Waals surface area contributed by atoms with Gasteiger partial charge in [0.15, 0.2) is 0 Å². The quantitative estimate of drug-likeness (QED) is 0.733. The normalized spacial score (nSPS) is 11.3. The SMILES string of the molecule is COc1cccc(F)c1CN(C)CCNCC(C)C. The van der Waals surface area contributed by atoms with Crippen LogP contribution in [-0.4, -0.2) is 38.7 Å². The third-order valence-electron chi connectivity index (χ3n) is 2.95. The maximum Gasteiger partial charge on any atom is 0.131 e. The van der Waals surface area contributed by atoms with Gasteiger partial charge in [0.05, 0.1) is 7.11 Å². The molecule has 0 aliphatic heterocycles. The Morgan fingerprint density at radius 3 is 2.74 bits per heavy atom. The van der Waals surface area contributed by atoms with Crippen molar-refractivity contribution in [1.29, 1.82) is 0 Å². The highest BCUT2D eigenvalue weighted by Crippen LogP contribution is 2.22. The Bertz CT molecular complexity index is 382. The molecule has 1 aromatic rings. The molecule has 0 amide bonds. The number of nitrogens with one attached hydrogen (secondary N) is 1. The molecule has 0 unspecified atom stereocenters. The summed E-state index contributed by atoms with van der Waals surface area (Å²) < 4.78 is 19.0. The minimum absolute atomic E-state index is 0.207. The first-order chi connectivity index (χ1) is 9.04. The molecule has 0 saturated carbocycles. The van der Waals surface area contributed by atoms with E-state index in [0.29, 0.717) is 23.8 Å². The minimum Gasteiger partial charge on any atom is -0.496 e. The lowest BCUT2D eigenvalue weighted by Gasteiger charge is -2.19. The van der Waals surface area contributed by atoms with Gasteiger partial charge in [-0.25, -0.2) is 4.39 Å². The van der Waals surface area contributed by atoms with E-state index in [0.717, 1.165) is 19.6 Å². The van der Waals surface area contributed by atoms with Gasteiger partial charge in [0, 0.05) is 25.2 Å². The van der Waals surface area contributed by atoms with Crippen LogP contribution in [-0.2, 0) is 6.54 Å². The van der Waals surface area contributed by atoms with Crippen molar-refractivity contribution in [1.82, 2.24) is 10.2 Å². The molecule has 0 heterocycles. The highest BCUT2D eigenvalue weighted by Gasteiger charge is 2.11. The van der Waals surface area contributed by atoms with Crippen LogP contribution in [0.2, 0.25) is 0 Å². The van der Waals surface area contributed by atoms with E-state index in [4.69, 9.17) is 4.74 Å². The van der Waals surface area contributed by atoms with Crippen LogP contribution in [0.5, 0.6) is 5.75 Å². The van der Waals surface area contributed by atoms with Gasteiger partial charge in [-0.1, -0.05) is 19.9 Å². The van der Waals surface area contributed by atoms with E-state index in [1.165, 1.54) is 6.07 Å². The van der Waals surface area contributed by atoms with Gasteiger partial charge in [-0.05, 0) is 31.6 Å². The van der Waals surface area contributed by atoms with E-state index in [1.807, 2.05) is 7.05 Å². The van der Waals surface area contributed by atoms with Gasteiger partial charge in [0.1, 0.15) is 11.6 Å². The van der Waals surface area contributed by atoms with Crippen LogP contribution in [0.25, 0.3) is 0 Å². The summed E-state index contributed by atoms with van der Waals surface area (Å²) >= 11 is 0. The summed E-state index contributed by atoms with van der Waals surface area (Å²) in [5.41, 5.74) is 0.622.